The van der Waals surface area contributed by atoms with Crippen molar-refractivity contribution in [1.82, 2.24) is 0 Å². The third kappa shape index (κ3) is 3.16. The second-order valence-electron chi connectivity index (χ2n) is 4.89. The van der Waals surface area contributed by atoms with Crippen LogP contribution < -0.4 is 10.6 Å². The summed E-state index contributed by atoms with van der Waals surface area (Å²) in [6.07, 6.45) is 0. The molecular formula is C16H17ClFN3. The van der Waals surface area contributed by atoms with Gasteiger partial charge in [0.15, 0.2) is 0 Å². The molecule has 3 nitrogen and oxygen atoms in total. The highest BCUT2D eigenvalue weighted by Crippen LogP contribution is 2.29. The van der Waals surface area contributed by atoms with Crippen LogP contribution in [0.1, 0.15) is 24.1 Å². The fourth-order valence-electron chi connectivity index (χ4n) is 2.19. The van der Waals surface area contributed by atoms with E-state index in [-0.39, 0.29) is 17.7 Å². The minimum absolute atomic E-state index is 0.0728. The van der Waals surface area contributed by atoms with Gasteiger partial charge in [-0.25, -0.2) is 4.39 Å². The van der Waals surface area contributed by atoms with Crippen LogP contribution in [0.3, 0.4) is 0 Å². The Morgan fingerprint density at radius 1 is 1.29 bits per heavy atom. The first kappa shape index (κ1) is 15.3. The number of nitrogens with zero attached hydrogens (tertiary/aromatic N) is 1. The van der Waals surface area contributed by atoms with Gasteiger partial charge in [0.25, 0.3) is 0 Å². The van der Waals surface area contributed by atoms with Gasteiger partial charge in [0, 0.05) is 23.9 Å². The van der Waals surface area contributed by atoms with Crippen molar-refractivity contribution in [2.45, 2.75) is 13.0 Å². The Morgan fingerprint density at radius 2 is 1.95 bits per heavy atom. The van der Waals surface area contributed by atoms with Gasteiger partial charge in [-0.2, -0.15) is 0 Å². The summed E-state index contributed by atoms with van der Waals surface area (Å²) in [5, 5.41) is 7.84. The lowest BCUT2D eigenvalue weighted by atomic mass is 10.1. The molecule has 0 fully saturated rings. The predicted octanol–water partition coefficient (Wildman–Crippen LogP) is 3.96. The second-order valence-corrected chi connectivity index (χ2v) is 5.29. The van der Waals surface area contributed by atoms with Gasteiger partial charge < -0.3 is 10.6 Å². The summed E-state index contributed by atoms with van der Waals surface area (Å²) in [5.74, 6) is -0.306. The molecule has 0 radical (unpaired) electrons. The number of halogens is 2. The van der Waals surface area contributed by atoms with Gasteiger partial charge in [0.05, 0.1) is 11.1 Å². The van der Waals surface area contributed by atoms with E-state index >= 15 is 0 Å². The Balaban J connectivity index is 2.32. The van der Waals surface area contributed by atoms with E-state index in [0.717, 1.165) is 5.69 Å². The SMILES string of the molecule is CC(c1ccccc1F)N(C)c1ccc(C(=N)N)c(Cl)c1. The lowest BCUT2D eigenvalue weighted by Crippen LogP contribution is -2.22. The molecule has 0 aliphatic carbocycles. The van der Waals surface area contributed by atoms with Crippen LogP contribution in [0.4, 0.5) is 10.1 Å². The van der Waals surface area contributed by atoms with Crippen molar-refractivity contribution in [1.29, 1.82) is 5.41 Å². The second kappa shape index (κ2) is 6.14. The maximum Gasteiger partial charge on any atom is 0.128 e. The van der Waals surface area contributed by atoms with E-state index in [1.165, 1.54) is 6.07 Å². The normalized spacial score (nSPS) is 12.0. The molecule has 0 amide bonds. The van der Waals surface area contributed by atoms with Crippen molar-refractivity contribution in [2.24, 2.45) is 5.73 Å². The molecule has 2 aromatic carbocycles. The van der Waals surface area contributed by atoms with E-state index in [0.29, 0.717) is 16.1 Å². The maximum atomic E-state index is 13.9. The molecule has 5 heteroatoms. The minimum atomic E-state index is -0.233. The number of nitrogens with one attached hydrogen (secondary N) is 1. The quantitative estimate of drug-likeness (QED) is 0.663. The zero-order chi connectivity index (χ0) is 15.6. The molecule has 0 aliphatic rings. The summed E-state index contributed by atoms with van der Waals surface area (Å²) in [4.78, 5) is 1.92. The number of nitrogen functional groups attached to an aromatic ring is 1. The third-order valence-electron chi connectivity index (χ3n) is 3.59. The molecule has 3 N–H and O–H groups in total. The topological polar surface area (TPSA) is 53.1 Å². The molecule has 2 rings (SSSR count). The van der Waals surface area contributed by atoms with E-state index < -0.39 is 0 Å². The number of rotatable bonds is 4. The molecule has 110 valence electrons. The standard InChI is InChI=1S/C16H17ClFN3/c1-10(12-5-3-4-6-15(12)18)21(2)11-7-8-13(16(19)20)14(17)9-11/h3-10H,1-2H3,(H3,19,20). The van der Waals surface area contributed by atoms with E-state index in [1.807, 2.05) is 31.0 Å². The molecule has 1 unspecified atom stereocenters. The van der Waals surface area contributed by atoms with Gasteiger partial charge in [-0.3, -0.25) is 5.41 Å². The number of hydrogen-bond acceptors (Lipinski definition) is 2. The lowest BCUT2D eigenvalue weighted by molar-refractivity contribution is 0.585. The summed E-state index contributed by atoms with van der Waals surface area (Å²) < 4.78 is 13.9. The fraction of sp³-hybridized carbons (Fsp3) is 0.188. The van der Waals surface area contributed by atoms with Gasteiger partial charge in [0.1, 0.15) is 11.7 Å². The van der Waals surface area contributed by atoms with Crippen LogP contribution in [0.5, 0.6) is 0 Å². The van der Waals surface area contributed by atoms with Crippen LogP contribution in [-0.4, -0.2) is 12.9 Å². The number of anilines is 1. The average Bonchev–Trinajstić information content (AvgIpc) is 2.45. The van der Waals surface area contributed by atoms with Crippen LogP contribution in [0.25, 0.3) is 0 Å². The summed E-state index contributed by atoms with van der Waals surface area (Å²) in [7, 11) is 1.87. The van der Waals surface area contributed by atoms with Crippen LogP contribution in [-0.2, 0) is 0 Å². The number of amidine groups is 1. The maximum absolute atomic E-state index is 13.9. The number of benzene rings is 2. The van der Waals surface area contributed by atoms with Crippen LogP contribution in [0.2, 0.25) is 5.02 Å². The van der Waals surface area contributed by atoms with Crippen molar-refractivity contribution in [2.75, 3.05) is 11.9 Å². The molecule has 21 heavy (non-hydrogen) atoms. The molecule has 0 aliphatic heterocycles. The third-order valence-corrected chi connectivity index (χ3v) is 3.90. The van der Waals surface area contributed by atoms with Crippen molar-refractivity contribution in [3.05, 3.63) is 64.4 Å². The Hall–Kier alpha value is -2.07. The van der Waals surface area contributed by atoms with Crippen molar-refractivity contribution >= 4 is 23.1 Å². The van der Waals surface area contributed by atoms with E-state index in [2.05, 4.69) is 0 Å². The fourth-order valence-corrected chi connectivity index (χ4v) is 2.46. The smallest absolute Gasteiger partial charge is 0.128 e. The van der Waals surface area contributed by atoms with Crippen LogP contribution >= 0.6 is 11.6 Å². The lowest BCUT2D eigenvalue weighted by Gasteiger charge is -2.28. The highest BCUT2D eigenvalue weighted by Gasteiger charge is 2.16. The van der Waals surface area contributed by atoms with Crippen molar-refractivity contribution < 1.29 is 4.39 Å². The average molecular weight is 306 g/mol. The van der Waals surface area contributed by atoms with Gasteiger partial charge in [-0.05, 0) is 31.2 Å². The number of hydrogen-bond donors (Lipinski definition) is 2. The summed E-state index contributed by atoms with van der Waals surface area (Å²) >= 11 is 6.13. The Labute approximate surface area is 128 Å². The molecule has 0 bridgehead atoms. The highest BCUT2D eigenvalue weighted by atomic mass is 35.5. The van der Waals surface area contributed by atoms with E-state index in [1.54, 1.807) is 24.3 Å². The van der Waals surface area contributed by atoms with Gasteiger partial charge >= 0.3 is 0 Å². The van der Waals surface area contributed by atoms with Crippen molar-refractivity contribution in [3.8, 4) is 0 Å². The predicted molar refractivity (Wildman–Crippen MR) is 85.7 cm³/mol. The van der Waals surface area contributed by atoms with E-state index in [4.69, 9.17) is 22.7 Å². The largest absolute Gasteiger partial charge is 0.384 e. The molecule has 0 saturated heterocycles. The molecule has 0 aromatic heterocycles. The summed E-state index contributed by atoms with van der Waals surface area (Å²) in [5.41, 5.74) is 7.39. The molecule has 1 atom stereocenters. The zero-order valence-corrected chi connectivity index (χ0v) is 12.7. The Kier molecular flexibility index (Phi) is 4.48. The summed E-state index contributed by atoms with van der Waals surface area (Å²) in [6, 6.07) is 11.8. The minimum Gasteiger partial charge on any atom is -0.384 e. The van der Waals surface area contributed by atoms with Gasteiger partial charge in [-0.1, -0.05) is 29.8 Å². The highest BCUT2D eigenvalue weighted by molar-refractivity contribution is 6.34. The Bertz CT molecular complexity index is 672. The molecule has 0 heterocycles. The van der Waals surface area contributed by atoms with Crippen LogP contribution in [0.15, 0.2) is 42.5 Å². The Morgan fingerprint density at radius 3 is 2.52 bits per heavy atom. The van der Waals surface area contributed by atoms with Gasteiger partial charge in [-0.15, -0.1) is 0 Å². The molecule has 2 aromatic rings. The molecular weight excluding hydrogens is 289 g/mol. The first-order valence-corrected chi connectivity index (χ1v) is 6.91. The molecule has 0 saturated carbocycles. The van der Waals surface area contributed by atoms with Crippen LogP contribution in [0, 0.1) is 11.2 Å². The monoisotopic (exact) mass is 305 g/mol. The first-order valence-electron chi connectivity index (χ1n) is 6.53. The van der Waals surface area contributed by atoms with E-state index in [9.17, 15) is 4.39 Å². The zero-order valence-electron chi connectivity index (χ0n) is 11.9. The molecule has 0 spiro atoms. The van der Waals surface area contributed by atoms with Gasteiger partial charge in [0.2, 0.25) is 0 Å². The first-order chi connectivity index (χ1) is 9.91. The summed E-state index contributed by atoms with van der Waals surface area (Å²) in [6.45, 7) is 1.92. The number of nitrogens with two attached hydrogens (primary N) is 1. The van der Waals surface area contributed by atoms with Crippen molar-refractivity contribution in [3.63, 3.8) is 0 Å².